The molecule has 0 spiro atoms. The Kier molecular flexibility index (Phi) is 6.50. The van der Waals surface area contributed by atoms with Gasteiger partial charge in [0, 0.05) is 23.1 Å². The number of fused-ring (bicyclic) bond motifs is 1. The first-order valence-electron chi connectivity index (χ1n) is 10.9. The molecule has 1 aliphatic carbocycles. The third-order valence-corrected chi connectivity index (χ3v) is 5.49. The summed E-state index contributed by atoms with van der Waals surface area (Å²) in [5.41, 5.74) is 7.56. The molecule has 0 atom stereocenters. The van der Waals surface area contributed by atoms with Crippen LogP contribution < -0.4 is 5.43 Å². The number of esters is 1. The summed E-state index contributed by atoms with van der Waals surface area (Å²) in [4.78, 5) is 25.0. The van der Waals surface area contributed by atoms with Gasteiger partial charge in [0.15, 0.2) is 0 Å². The number of hydrogen-bond donors (Lipinski definition) is 1. The van der Waals surface area contributed by atoms with Crippen molar-refractivity contribution in [3.05, 3.63) is 82.8 Å². The van der Waals surface area contributed by atoms with Gasteiger partial charge in [0.25, 0.3) is 5.91 Å². The monoisotopic (exact) mass is 430 g/mol. The van der Waals surface area contributed by atoms with Crippen LogP contribution in [0, 0.1) is 6.92 Å². The molecule has 6 heteroatoms. The smallest absolute Gasteiger partial charge is 0.374 e. The molecule has 164 valence electrons. The summed E-state index contributed by atoms with van der Waals surface area (Å²) < 4.78 is 11.0. The highest BCUT2D eigenvalue weighted by atomic mass is 16.5. The van der Waals surface area contributed by atoms with Gasteiger partial charge in [0.1, 0.15) is 5.76 Å². The van der Waals surface area contributed by atoms with Gasteiger partial charge in [-0.05, 0) is 49.4 Å². The maximum absolute atomic E-state index is 12.6. The van der Waals surface area contributed by atoms with E-state index in [2.05, 4.69) is 10.5 Å². The molecule has 0 radical (unpaired) electrons. The molecule has 1 aliphatic rings. The van der Waals surface area contributed by atoms with E-state index in [0.29, 0.717) is 24.2 Å². The molecule has 0 saturated heterocycles. The molecule has 2 aromatic carbocycles. The number of hydrogen-bond acceptors (Lipinski definition) is 5. The van der Waals surface area contributed by atoms with E-state index in [1.54, 1.807) is 12.1 Å². The molecule has 0 bridgehead atoms. The molecule has 0 unspecified atom stereocenters. The number of ether oxygens (including phenoxy) is 1. The normalized spacial score (nSPS) is 14.1. The van der Waals surface area contributed by atoms with Gasteiger partial charge < -0.3 is 9.15 Å². The first-order chi connectivity index (χ1) is 15.6. The molecule has 0 saturated carbocycles. The molecule has 4 rings (SSSR count). The Labute approximate surface area is 187 Å². The lowest BCUT2D eigenvalue weighted by molar-refractivity contribution is 0.0465. The van der Waals surface area contributed by atoms with Crippen molar-refractivity contribution in [2.24, 2.45) is 5.10 Å². The van der Waals surface area contributed by atoms with Crippen molar-refractivity contribution in [2.75, 3.05) is 6.61 Å². The van der Waals surface area contributed by atoms with Gasteiger partial charge in [-0.3, -0.25) is 4.79 Å². The van der Waals surface area contributed by atoms with Crippen molar-refractivity contribution >= 4 is 17.6 Å². The van der Waals surface area contributed by atoms with Gasteiger partial charge in [0.05, 0.1) is 12.3 Å². The average Bonchev–Trinajstić information content (AvgIpc) is 3.18. The maximum Gasteiger partial charge on any atom is 0.374 e. The average molecular weight is 431 g/mol. The minimum atomic E-state index is -0.458. The maximum atomic E-state index is 12.6. The van der Waals surface area contributed by atoms with E-state index in [1.165, 1.54) is 0 Å². The molecule has 1 N–H and O–H groups in total. The molecule has 1 heterocycles. The van der Waals surface area contributed by atoms with Crippen molar-refractivity contribution in [3.8, 4) is 11.1 Å². The van der Waals surface area contributed by atoms with Crippen LogP contribution >= 0.6 is 0 Å². The number of carbonyl (C=O) groups excluding carboxylic acids is 2. The fourth-order valence-corrected chi connectivity index (χ4v) is 3.86. The second kappa shape index (κ2) is 9.64. The minimum Gasteiger partial charge on any atom is -0.460 e. The lowest BCUT2D eigenvalue weighted by Gasteiger charge is -2.13. The van der Waals surface area contributed by atoms with E-state index in [1.807, 2.05) is 56.3 Å². The van der Waals surface area contributed by atoms with Gasteiger partial charge in [-0.15, -0.1) is 0 Å². The predicted molar refractivity (Wildman–Crippen MR) is 123 cm³/mol. The van der Waals surface area contributed by atoms with Gasteiger partial charge >= 0.3 is 5.97 Å². The molecular formula is C26H26N2O4. The molecule has 1 aromatic heterocycles. The van der Waals surface area contributed by atoms with Crippen LogP contribution in [0.1, 0.15) is 64.0 Å². The van der Waals surface area contributed by atoms with Crippen LogP contribution in [0.25, 0.3) is 11.1 Å². The van der Waals surface area contributed by atoms with E-state index in [-0.39, 0.29) is 11.7 Å². The largest absolute Gasteiger partial charge is 0.460 e. The Morgan fingerprint density at radius 3 is 2.47 bits per heavy atom. The van der Waals surface area contributed by atoms with Crippen LogP contribution in [0.5, 0.6) is 0 Å². The number of hydrazone groups is 1. The summed E-state index contributed by atoms with van der Waals surface area (Å²) in [6, 6.07) is 17.4. The van der Waals surface area contributed by atoms with Gasteiger partial charge in [0.2, 0.25) is 5.76 Å². The second-order valence-corrected chi connectivity index (χ2v) is 7.79. The number of furan rings is 1. The number of aryl methyl sites for hydroxylation is 1. The fourth-order valence-electron chi connectivity index (χ4n) is 3.86. The van der Waals surface area contributed by atoms with Crippen molar-refractivity contribution < 1.29 is 18.7 Å². The number of nitrogens with zero attached hydrogens (tertiary/aromatic N) is 1. The Morgan fingerprint density at radius 2 is 1.75 bits per heavy atom. The number of rotatable bonds is 6. The van der Waals surface area contributed by atoms with Crippen LogP contribution in [-0.2, 0) is 11.2 Å². The summed E-state index contributed by atoms with van der Waals surface area (Å²) in [6.07, 6.45) is 3.01. The summed E-state index contributed by atoms with van der Waals surface area (Å²) in [5.74, 6) is 0.201. The first-order valence-corrected chi connectivity index (χ1v) is 10.9. The highest BCUT2D eigenvalue weighted by Crippen LogP contribution is 2.30. The molecular weight excluding hydrogens is 404 g/mol. The Hall–Kier alpha value is -3.67. The zero-order chi connectivity index (χ0) is 22.5. The fraction of sp³-hybridized carbons (Fsp3) is 0.269. The van der Waals surface area contributed by atoms with Crippen LogP contribution in [0.3, 0.4) is 0 Å². The summed E-state index contributed by atoms with van der Waals surface area (Å²) >= 11 is 0. The van der Waals surface area contributed by atoms with Crippen LogP contribution in [0.4, 0.5) is 0 Å². The lowest BCUT2D eigenvalue weighted by atomic mass is 9.93. The predicted octanol–water partition coefficient (Wildman–Crippen LogP) is 5.29. The Balaban J connectivity index is 1.50. The van der Waals surface area contributed by atoms with Crippen LogP contribution in [0.15, 0.2) is 64.1 Å². The van der Waals surface area contributed by atoms with E-state index >= 15 is 0 Å². The quantitative estimate of drug-likeness (QED) is 0.425. The zero-order valence-electron chi connectivity index (χ0n) is 18.3. The summed E-state index contributed by atoms with van der Waals surface area (Å²) in [5, 5.41) is 4.38. The highest BCUT2D eigenvalue weighted by Gasteiger charge is 2.28. The standard InChI is InChI=1S/C26H26N2O4/c1-3-16-31-26(30)24-17(2)23-21(10-7-11-22(23)32-24)27-28-25(29)20-14-12-19(13-15-20)18-8-5-4-6-9-18/h4-6,8-9,12-15H,3,7,10-11,16H2,1-2H3,(H,28,29)/b27-21+. The molecule has 3 aromatic rings. The van der Waals surface area contributed by atoms with Crippen LogP contribution in [0.2, 0.25) is 0 Å². The molecule has 0 aliphatic heterocycles. The third-order valence-electron chi connectivity index (χ3n) is 5.49. The van der Waals surface area contributed by atoms with Gasteiger partial charge in [-0.1, -0.05) is 49.4 Å². The van der Waals surface area contributed by atoms with E-state index in [0.717, 1.165) is 47.4 Å². The van der Waals surface area contributed by atoms with Crippen molar-refractivity contribution in [2.45, 2.75) is 39.5 Å². The highest BCUT2D eigenvalue weighted by molar-refractivity contribution is 6.06. The Bertz CT molecular complexity index is 1140. The second-order valence-electron chi connectivity index (χ2n) is 7.79. The number of carbonyl (C=O) groups is 2. The van der Waals surface area contributed by atoms with Gasteiger partial charge in [-0.2, -0.15) is 5.10 Å². The first kappa shape index (κ1) is 21.6. The summed E-state index contributed by atoms with van der Waals surface area (Å²) in [6.45, 7) is 4.12. The van der Waals surface area contributed by atoms with E-state index in [9.17, 15) is 9.59 Å². The molecule has 6 nitrogen and oxygen atoms in total. The number of benzene rings is 2. The Morgan fingerprint density at radius 1 is 1.03 bits per heavy atom. The molecule has 1 amide bonds. The minimum absolute atomic E-state index is 0.223. The number of nitrogens with one attached hydrogen (secondary N) is 1. The third kappa shape index (κ3) is 4.49. The van der Waals surface area contributed by atoms with Crippen molar-refractivity contribution in [3.63, 3.8) is 0 Å². The lowest BCUT2D eigenvalue weighted by Crippen LogP contribution is -2.22. The van der Waals surface area contributed by atoms with E-state index < -0.39 is 5.97 Å². The van der Waals surface area contributed by atoms with Crippen molar-refractivity contribution in [1.29, 1.82) is 0 Å². The molecule has 32 heavy (non-hydrogen) atoms. The SMILES string of the molecule is CCCOC(=O)c1oc2c(c1C)/C(=N/NC(=O)c1ccc(-c3ccccc3)cc1)CCC2. The van der Waals surface area contributed by atoms with Crippen molar-refractivity contribution in [1.82, 2.24) is 5.43 Å². The zero-order valence-corrected chi connectivity index (χ0v) is 18.3. The van der Waals surface area contributed by atoms with E-state index in [4.69, 9.17) is 9.15 Å². The van der Waals surface area contributed by atoms with Gasteiger partial charge in [-0.25, -0.2) is 10.2 Å². The number of amides is 1. The molecule has 0 fully saturated rings. The summed E-state index contributed by atoms with van der Waals surface area (Å²) in [7, 11) is 0. The topological polar surface area (TPSA) is 80.9 Å². The van der Waals surface area contributed by atoms with Crippen LogP contribution in [-0.4, -0.2) is 24.2 Å².